The Labute approximate surface area is 186 Å². The van der Waals surface area contributed by atoms with Crippen molar-refractivity contribution >= 4 is 28.8 Å². The van der Waals surface area contributed by atoms with E-state index in [0.29, 0.717) is 17.3 Å². The van der Waals surface area contributed by atoms with Crippen LogP contribution in [0.5, 0.6) is 0 Å². The molecule has 31 heavy (non-hydrogen) atoms. The normalized spacial score (nSPS) is 19.5. The van der Waals surface area contributed by atoms with Crippen molar-refractivity contribution in [3.63, 3.8) is 0 Å². The Morgan fingerprint density at radius 2 is 1.77 bits per heavy atom. The standard InChI is InChI=1S/C25H26N2O3S/c1-16-10-12-18(13-11-16)23(28)22(19-9-5-6-14-26-19)27-20-15-21(31-24(20)25(29)30)17-7-3-2-4-8-17/h2-9,14-16,18,22,27H,10-13H2,1H3,(H,29,30). The van der Waals surface area contributed by atoms with E-state index in [0.717, 1.165) is 36.1 Å². The second kappa shape index (κ2) is 9.43. The number of carbonyl (C=O) groups is 2. The molecular weight excluding hydrogens is 408 g/mol. The van der Waals surface area contributed by atoms with E-state index in [1.165, 1.54) is 11.3 Å². The number of pyridine rings is 1. The average molecular weight is 435 g/mol. The van der Waals surface area contributed by atoms with Crippen molar-refractivity contribution in [3.8, 4) is 10.4 Å². The van der Waals surface area contributed by atoms with E-state index in [2.05, 4.69) is 17.2 Å². The van der Waals surface area contributed by atoms with Gasteiger partial charge >= 0.3 is 5.97 Å². The molecule has 1 atom stereocenters. The van der Waals surface area contributed by atoms with E-state index >= 15 is 0 Å². The number of hydrogen-bond donors (Lipinski definition) is 2. The number of aromatic carboxylic acids is 1. The van der Waals surface area contributed by atoms with Crippen LogP contribution in [-0.4, -0.2) is 21.8 Å². The quantitative estimate of drug-likeness (QED) is 0.473. The van der Waals surface area contributed by atoms with Gasteiger partial charge in [-0.05, 0) is 42.5 Å². The molecule has 2 aromatic heterocycles. The molecule has 1 unspecified atom stereocenters. The van der Waals surface area contributed by atoms with Gasteiger partial charge in [-0.1, -0.05) is 56.2 Å². The lowest BCUT2D eigenvalue weighted by Crippen LogP contribution is -2.31. The van der Waals surface area contributed by atoms with Gasteiger partial charge in [0.15, 0.2) is 5.78 Å². The predicted molar refractivity (Wildman–Crippen MR) is 123 cm³/mol. The van der Waals surface area contributed by atoms with Crippen LogP contribution in [0.25, 0.3) is 10.4 Å². The number of carbonyl (C=O) groups excluding carboxylic acids is 1. The first-order chi connectivity index (χ1) is 15.0. The number of rotatable bonds is 7. The Morgan fingerprint density at radius 3 is 2.42 bits per heavy atom. The summed E-state index contributed by atoms with van der Waals surface area (Å²) in [6.45, 7) is 2.23. The second-order valence-electron chi connectivity index (χ2n) is 8.22. The fourth-order valence-electron chi connectivity index (χ4n) is 4.18. The minimum Gasteiger partial charge on any atom is -0.477 e. The summed E-state index contributed by atoms with van der Waals surface area (Å²) in [4.78, 5) is 30.9. The SMILES string of the molecule is CC1CCC(C(=O)C(Nc2cc(-c3ccccc3)sc2C(=O)O)c2ccccn2)CC1. The van der Waals surface area contributed by atoms with Crippen molar-refractivity contribution < 1.29 is 14.7 Å². The molecule has 3 aromatic rings. The summed E-state index contributed by atoms with van der Waals surface area (Å²) in [5.41, 5.74) is 2.03. The van der Waals surface area contributed by atoms with Crippen LogP contribution in [0.3, 0.4) is 0 Å². The number of anilines is 1. The summed E-state index contributed by atoms with van der Waals surface area (Å²) in [5.74, 6) is -0.298. The highest BCUT2D eigenvalue weighted by atomic mass is 32.1. The Bertz CT molecular complexity index is 1040. The molecular formula is C25H26N2O3S. The molecule has 6 heteroatoms. The molecule has 1 saturated carbocycles. The van der Waals surface area contributed by atoms with Gasteiger partial charge < -0.3 is 10.4 Å². The Morgan fingerprint density at radius 1 is 1.06 bits per heavy atom. The number of thiophene rings is 1. The molecule has 0 bridgehead atoms. The van der Waals surface area contributed by atoms with Crippen molar-refractivity contribution in [3.05, 3.63) is 71.4 Å². The van der Waals surface area contributed by atoms with E-state index in [1.54, 1.807) is 6.20 Å². The molecule has 2 heterocycles. The lowest BCUT2D eigenvalue weighted by atomic mass is 9.79. The number of nitrogens with one attached hydrogen (secondary N) is 1. The number of carboxylic acid groups (broad SMARTS) is 1. The molecule has 1 aliphatic carbocycles. The maximum atomic E-state index is 13.5. The first kappa shape index (κ1) is 21.2. The minimum atomic E-state index is -1.01. The van der Waals surface area contributed by atoms with Crippen molar-refractivity contribution in [2.45, 2.75) is 38.6 Å². The highest BCUT2D eigenvalue weighted by molar-refractivity contribution is 7.18. The molecule has 0 saturated heterocycles. The second-order valence-corrected chi connectivity index (χ2v) is 9.27. The smallest absolute Gasteiger partial charge is 0.348 e. The van der Waals surface area contributed by atoms with Gasteiger partial charge in [0.05, 0.1) is 11.4 Å². The number of ketones is 1. The largest absolute Gasteiger partial charge is 0.477 e. The lowest BCUT2D eigenvalue weighted by molar-refractivity contribution is -0.125. The molecule has 1 fully saturated rings. The average Bonchev–Trinajstić information content (AvgIpc) is 3.23. The Kier molecular flexibility index (Phi) is 6.47. The van der Waals surface area contributed by atoms with Crippen LogP contribution < -0.4 is 5.32 Å². The first-order valence-corrected chi connectivity index (χ1v) is 11.5. The third kappa shape index (κ3) is 4.85. The van der Waals surface area contributed by atoms with E-state index in [-0.39, 0.29) is 16.6 Å². The topological polar surface area (TPSA) is 79.3 Å². The minimum absolute atomic E-state index is 0.0313. The monoisotopic (exact) mass is 434 g/mol. The van der Waals surface area contributed by atoms with Crippen LogP contribution >= 0.6 is 11.3 Å². The fraction of sp³-hybridized carbons (Fsp3) is 0.320. The van der Waals surface area contributed by atoms with Gasteiger partial charge in [0.2, 0.25) is 0 Å². The molecule has 0 aliphatic heterocycles. The zero-order valence-corrected chi connectivity index (χ0v) is 18.3. The summed E-state index contributed by atoms with van der Waals surface area (Å²) >= 11 is 1.21. The number of nitrogens with zero attached hydrogens (tertiary/aromatic N) is 1. The van der Waals surface area contributed by atoms with Gasteiger partial charge in [-0.15, -0.1) is 11.3 Å². The zero-order chi connectivity index (χ0) is 21.8. The summed E-state index contributed by atoms with van der Waals surface area (Å²) in [5, 5.41) is 13.1. The van der Waals surface area contributed by atoms with Crippen LogP contribution in [0.15, 0.2) is 60.8 Å². The number of Topliss-reactive ketones (excluding diaryl/α,β-unsaturated/α-hetero) is 1. The Hall–Kier alpha value is -2.99. The molecule has 0 radical (unpaired) electrons. The molecule has 4 rings (SSSR count). The summed E-state index contributed by atoms with van der Waals surface area (Å²) in [7, 11) is 0. The number of hydrogen-bond acceptors (Lipinski definition) is 5. The molecule has 160 valence electrons. The molecule has 1 aliphatic rings. The van der Waals surface area contributed by atoms with Crippen LogP contribution in [0.4, 0.5) is 5.69 Å². The Balaban J connectivity index is 1.68. The molecule has 1 aromatic carbocycles. The van der Waals surface area contributed by atoms with E-state index < -0.39 is 12.0 Å². The van der Waals surface area contributed by atoms with Gasteiger partial charge in [0.1, 0.15) is 10.9 Å². The maximum absolute atomic E-state index is 13.5. The lowest BCUT2D eigenvalue weighted by Gasteiger charge is -2.28. The number of carboxylic acids is 1. The van der Waals surface area contributed by atoms with E-state index in [9.17, 15) is 14.7 Å². The van der Waals surface area contributed by atoms with Crippen molar-refractivity contribution in [1.29, 1.82) is 0 Å². The zero-order valence-electron chi connectivity index (χ0n) is 17.5. The van der Waals surface area contributed by atoms with Crippen molar-refractivity contribution in [1.82, 2.24) is 4.98 Å². The maximum Gasteiger partial charge on any atom is 0.348 e. The van der Waals surface area contributed by atoms with E-state index in [4.69, 9.17) is 0 Å². The third-order valence-corrected chi connectivity index (χ3v) is 7.14. The van der Waals surface area contributed by atoms with Gasteiger partial charge in [0, 0.05) is 17.0 Å². The molecule has 0 amide bonds. The van der Waals surface area contributed by atoms with Crippen molar-refractivity contribution in [2.75, 3.05) is 5.32 Å². The van der Waals surface area contributed by atoms with Gasteiger partial charge in [-0.3, -0.25) is 9.78 Å². The molecule has 0 spiro atoms. The summed E-state index contributed by atoms with van der Waals surface area (Å²) in [6, 6.07) is 16.3. The van der Waals surface area contributed by atoms with Gasteiger partial charge in [-0.25, -0.2) is 4.79 Å². The number of benzene rings is 1. The highest BCUT2D eigenvalue weighted by Gasteiger charge is 2.32. The van der Waals surface area contributed by atoms with Crippen LogP contribution in [0, 0.1) is 11.8 Å². The molecule has 2 N–H and O–H groups in total. The summed E-state index contributed by atoms with van der Waals surface area (Å²) < 4.78 is 0. The summed E-state index contributed by atoms with van der Waals surface area (Å²) in [6.07, 6.45) is 5.50. The predicted octanol–water partition coefficient (Wildman–Crippen LogP) is 6.06. The van der Waals surface area contributed by atoms with Crippen LogP contribution in [0.1, 0.15) is 54.0 Å². The van der Waals surface area contributed by atoms with Crippen LogP contribution in [0.2, 0.25) is 0 Å². The van der Waals surface area contributed by atoms with E-state index in [1.807, 2.05) is 54.6 Å². The third-order valence-electron chi connectivity index (χ3n) is 5.97. The van der Waals surface area contributed by atoms with Gasteiger partial charge in [0.25, 0.3) is 0 Å². The molecule has 5 nitrogen and oxygen atoms in total. The van der Waals surface area contributed by atoms with Gasteiger partial charge in [-0.2, -0.15) is 0 Å². The van der Waals surface area contributed by atoms with Crippen LogP contribution in [-0.2, 0) is 4.79 Å². The fourth-order valence-corrected chi connectivity index (χ4v) is 5.14. The first-order valence-electron chi connectivity index (χ1n) is 10.7. The number of aromatic nitrogens is 1. The van der Waals surface area contributed by atoms with Crippen molar-refractivity contribution in [2.24, 2.45) is 11.8 Å². The highest BCUT2D eigenvalue weighted by Crippen LogP contribution is 2.38.